The van der Waals surface area contributed by atoms with Gasteiger partial charge in [0.1, 0.15) is 11.5 Å². The van der Waals surface area contributed by atoms with Gasteiger partial charge in [0.25, 0.3) is 5.56 Å². The van der Waals surface area contributed by atoms with Crippen LogP contribution < -0.4 is 22.3 Å². The van der Waals surface area contributed by atoms with E-state index in [-0.39, 0.29) is 11.9 Å². The lowest BCUT2D eigenvalue weighted by atomic mass is 9.87. The van der Waals surface area contributed by atoms with Crippen molar-refractivity contribution in [1.29, 1.82) is 0 Å². The summed E-state index contributed by atoms with van der Waals surface area (Å²) in [4.78, 5) is 26.2. The Hall–Kier alpha value is -1.72. The number of nitrogen functional groups attached to an aromatic ring is 1. The second kappa shape index (κ2) is 6.83. The van der Waals surface area contributed by atoms with E-state index in [0.29, 0.717) is 12.2 Å². The molecule has 0 spiro atoms. The van der Waals surface area contributed by atoms with Crippen molar-refractivity contribution in [3.8, 4) is 0 Å². The second-order valence-corrected chi connectivity index (χ2v) is 6.13. The van der Waals surface area contributed by atoms with Crippen LogP contribution >= 0.6 is 0 Å². The highest BCUT2D eigenvalue weighted by molar-refractivity contribution is 5.60. The summed E-state index contributed by atoms with van der Waals surface area (Å²) >= 11 is 0. The van der Waals surface area contributed by atoms with Gasteiger partial charge in [-0.05, 0) is 38.0 Å². The van der Waals surface area contributed by atoms with Gasteiger partial charge in [0, 0.05) is 12.6 Å². The van der Waals surface area contributed by atoms with Gasteiger partial charge >= 0.3 is 5.69 Å². The number of rotatable bonds is 5. The molecule has 118 valence electrons. The third kappa shape index (κ3) is 3.68. The molecule has 1 fully saturated rings. The molecule has 0 radical (unpaired) electrons. The number of unbranched alkanes of at least 4 members (excludes halogenated alkanes) is 1. The molecule has 1 aromatic rings. The van der Waals surface area contributed by atoms with Crippen molar-refractivity contribution in [3.63, 3.8) is 0 Å². The topological polar surface area (TPSA) is 92.9 Å². The molecule has 0 amide bonds. The summed E-state index contributed by atoms with van der Waals surface area (Å²) in [5.41, 5.74) is 5.57. The minimum atomic E-state index is -0.422. The zero-order valence-corrected chi connectivity index (χ0v) is 12.9. The fourth-order valence-corrected chi connectivity index (χ4v) is 2.87. The van der Waals surface area contributed by atoms with Crippen molar-refractivity contribution in [1.82, 2.24) is 9.55 Å². The van der Waals surface area contributed by atoms with Crippen molar-refractivity contribution in [3.05, 3.63) is 20.8 Å². The Morgan fingerprint density at radius 3 is 2.57 bits per heavy atom. The minimum absolute atomic E-state index is 0.260. The van der Waals surface area contributed by atoms with E-state index in [0.717, 1.165) is 44.4 Å². The van der Waals surface area contributed by atoms with Gasteiger partial charge in [-0.15, -0.1) is 0 Å². The van der Waals surface area contributed by atoms with Gasteiger partial charge < -0.3 is 11.1 Å². The Balaban J connectivity index is 2.22. The van der Waals surface area contributed by atoms with Crippen LogP contribution in [0.25, 0.3) is 0 Å². The quantitative estimate of drug-likeness (QED) is 0.773. The number of nitrogens with zero attached hydrogens (tertiary/aromatic N) is 1. The molecule has 1 aliphatic carbocycles. The SMILES string of the molecule is CCCCn1c(N)c(NC2CCC(C)CC2)c(=O)[nH]c1=O. The molecule has 1 aliphatic rings. The molecule has 1 saturated carbocycles. The molecule has 21 heavy (non-hydrogen) atoms. The molecule has 6 heteroatoms. The van der Waals surface area contributed by atoms with Crippen LogP contribution in [0.3, 0.4) is 0 Å². The van der Waals surface area contributed by atoms with Crippen molar-refractivity contribution >= 4 is 11.5 Å². The zero-order chi connectivity index (χ0) is 15.4. The zero-order valence-electron chi connectivity index (χ0n) is 12.9. The van der Waals surface area contributed by atoms with Crippen LogP contribution in [0.15, 0.2) is 9.59 Å². The number of hydrogen-bond donors (Lipinski definition) is 3. The van der Waals surface area contributed by atoms with Crippen LogP contribution in [-0.4, -0.2) is 15.6 Å². The summed E-state index contributed by atoms with van der Waals surface area (Å²) in [7, 11) is 0. The normalized spacial score (nSPS) is 22.2. The van der Waals surface area contributed by atoms with Crippen molar-refractivity contribution < 1.29 is 0 Å². The number of nitrogens with one attached hydrogen (secondary N) is 2. The predicted molar refractivity (Wildman–Crippen MR) is 85.7 cm³/mol. The Bertz CT molecular complexity index is 582. The van der Waals surface area contributed by atoms with E-state index >= 15 is 0 Å². The smallest absolute Gasteiger partial charge is 0.330 e. The second-order valence-electron chi connectivity index (χ2n) is 6.13. The number of anilines is 2. The third-order valence-electron chi connectivity index (χ3n) is 4.34. The fourth-order valence-electron chi connectivity index (χ4n) is 2.87. The summed E-state index contributed by atoms with van der Waals surface area (Å²) < 4.78 is 1.46. The van der Waals surface area contributed by atoms with Gasteiger partial charge in [-0.1, -0.05) is 20.3 Å². The lowest BCUT2D eigenvalue weighted by Crippen LogP contribution is -2.36. The molecule has 0 saturated heterocycles. The molecule has 0 bridgehead atoms. The van der Waals surface area contributed by atoms with Crippen LogP contribution in [-0.2, 0) is 6.54 Å². The largest absolute Gasteiger partial charge is 0.383 e. The van der Waals surface area contributed by atoms with E-state index < -0.39 is 11.2 Å². The fraction of sp³-hybridized carbons (Fsp3) is 0.733. The lowest BCUT2D eigenvalue weighted by Gasteiger charge is -2.28. The highest BCUT2D eigenvalue weighted by Gasteiger charge is 2.21. The molecular weight excluding hydrogens is 268 g/mol. The van der Waals surface area contributed by atoms with Crippen LogP contribution in [0.2, 0.25) is 0 Å². The molecule has 0 atom stereocenters. The highest BCUT2D eigenvalue weighted by atomic mass is 16.2. The summed E-state index contributed by atoms with van der Waals surface area (Å²) in [6.07, 6.45) is 6.21. The van der Waals surface area contributed by atoms with E-state index in [4.69, 9.17) is 5.73 Å². The number of aromatic amines is 1. The Morgan fingerprint density at radius 2 is 1.95 bits per heavy atom. The van der Waals surface area contributed by atoms with E-state index in [9.17, 15) is 9.59 Å². The van der Waals surface area contributed by atoms with Gasteiger partial charge in [0.2, 0.25) is 0 Å². The molecule has 6 nitrogen and oxygen atoms in total. The number of H-pyrrole nitrogens is 1. The van der Waals surface area contributed by atoms with E-state index in [2.05, 4.69) is 24.1 Å². The average molecular weight is 294 g/mol. The molecule has 2 rings (SSSR count). The maximum atomic E-state index is 12.0. The van der Waals surface area contributed by atoms with Crippen LogP contribution in [0.5, 0.6) is 0 Å². The molecule has 0 aromatic carbocycles. The molecule has 1 heterocycles. The molecule has 1 aromatic heterocycles. The van der Waals surface area contributed by atoms with Crippen molar-refractivity contribution in [2.75, 3.05) is 11.1 Å². The summed E-state index contributed by atoms with van der Waals surface area (Å²) in [5, 5.41) is 3.25. The van der Waals surface area contributed by atoms with Crippen LogP contribution in [0.4, 0.5) is 11.5 Å². The number of hydrogen-bond acceptors (Lipinski definition) is 4. The van der Waals surface area contributed by atoms with Crippen LogP contribution in [0, 0.1) is 5.92 Å². The van der Waals surface area contributed by atoms with E-state index in [1.165, 1.54) is 4.57 Å². The van der Waals surface area contributed by atoms with Gasteiger partial charge in [0.05, 0.1) is 0 Å². The Labute approximate surface area is 124 Å². The molecular formula is C15H26N4O2. The maximum absolute atomic E-state index is 12.0. The summed E-state index contributed by atoms with van der Waals surface area (Å²) in [5.74, 6) is 1.01. The Kier molecular flexibility index (Phi) is 5.09. The van der Waals surface area contributed by atoms with Crippen molar-refractivity contribution in [2.24, 2.45) is 5.92 Å². The first-order valence-corrected chi connectivity index (χ1v) is 7.92. The molecule has 4 N–H and O–H groups in total. The van der Waals surface area contributed by atoms with E-state index in [1.54, 1.807) is 0 Å². The first-order chi connectivity index (χ1) is 10.0. The lowest BCUT2D eigenvalue weighted by molar-refractivity contribution is 0.361. The van der Waals surface area contributed by atoms with Gasteiger partial charge in [-0.25, -0.2) is 4.79 Å². The standard InChI is InChI=1S/C15H26N4O2/c1-3-4-9-19-13(16)12(14(20)18-15(19)21)17-11-7-5-10(2)6-8-11/h10-11,17H,3-9,16H2,1-2H3,(H,18,20,21). The van der Waals surface area contributed by atoms with Gasteiger partial charge in [0.15, 0.2) is 0 Å². The predicted octanol–water partition coefficient (Wildman–Crippen LogP) is 1.91. The number of aromatic nitrogens is 2. The van der Waals surface area contributed by atoms with E-state index in [1.807, 2.05) is 0 Å². The summed E-state index contributed by atoms with van der Waals surface area (Å²) in [6.45, 7) is 4.84. The third-order valence-corrected chi connectivity index (χ3v) is 4.34. The minimum Gasteiger partial charge on any atom is -0.383 e. The average Bonchev–Trinajstić information content (AvgIpc) is 2.45. The molecule has 0 unspecified atom stereocenters. The first kappa shape index (κ1) is 15.7. The maximum Gasteiger partial charge on any atom is 0.330 e. The first-order valence-electron chi connectivity index (χ1n) is 7.92. The van der Waals surface area contributed by atoms with Gasteiger partial charge in [-0.2, -0.15) is 0 Å². The number of nitrogens with two attached hydrogens (primary N) is 1. The molecule has 0 aliphatic heterocycles. The Morgan fingerprint density at radius 1 is 1.29 bits per heavy atom. The van der Waals surface area contributed by atoms with Gasteiger partial charge in [-0.3, -0.25) is 14.3 Å². The summed E-state index contributed by atoms with van der Waals surface area (Å²) in [6, 6.07) is 0.265. The monoisotopic (exact) mass is 294 g/mol. The van der Waals surface area contributed by atoms with Crippen molar-refractivity contribution in [2.45, 2.75) is 65.0 Å². The highest BCUT2D eigenvalue weighted by Crippen LogP contribution is 2.26. The van der Waals surface area contributed by atoms with Crippen LogP contribution in [0.1, 0.15) is 52.4 Å².